The molecule has 3 heterocycles. The highest BCUT2D eigenvalue weighted by molar-refractivity contribution is 5.85. The minimum Gasteiger partial charge on any atom is -0.547 e. The van der Waals surface area contributed by atoms with Crippen LogP contribution < -0.4 is 5.11 Å². The van der Waals surface area contributed by atoms with Gasteiger partial charge in [0.2, 0.25) is 0 Å². The van der Waals surface area contributed by atoms with Crippen molar-refractivity contribution in [3.05, 3.63) is 18.0 Å². The number of hydrogen-bond acceptors (Lipinski definition) is 13. The summed E-state index contributed by atoms with van der Waals surface area (Å²) >= 11 is 0. The lowest BCUT2D eigenvalue weighted by Gasteiger charge is -2.56. The minimum atomic E-state index is -2.57. The summed E-state index contributed by atoms with van der Waals surface area (Å²) in [7, 11) is 1.71. The number of carbonyl (C=O) groups is 1. The van der Waals surface area contributed by atoms with Gasteiger partial charge in [0.05, 0.1) is 43.0 Å². The van der Waals surface area contributed by atoms with Crippen molar-refractivity contribution in [3.63, 3.8) is 0 Å². The van der Waals surface area contributed by atoms with Gasteiger partial charge in [-0.05, 0) is 64.2 Å². The van der Waals surface area contributed by atoms with Crippen molar-refractivity contribution in [2.24, 2.45) is 22.2 Å². The van der Waals surface area contributed by atoms with Crippen molar-refractivity contribution in [2.45, 2.75) is 181 Å². The van der Waals surface area contributed by atoms with Gasteiger partial charge in [0.15, 0.2) is 41.3 Å². The predicted octanol–water partition coefficient (Wildman–Crippen LogP) is 0.0129. The van der Waals surface area contributed by atoms with Crippen molar-refractivity contribution >= 4 is 12.2 Å². The number of carboxylic acid groups (broad SMARTS) is 1. The Bertz CT molecular complexity index is 1250. The van der Waals surface area contributed by atoms with Crippen molar-refractivity contribution in [1.82, 2.24) is 0 Å². The van der Waals surface area contributed by atoms with Crippen LogP contribution in [0, 0.1) is 30.0 Å². The lowest BCUT2D eigenvalue weighted by molar-refractivity contribution is -0.396. The summed E-state index contributed by atoms with van der Waals surface area (Å²) in [5.41, 5.74) is -3.99. The normalized spacial score (nSPS) is 46.3. The first-order chi connectivity index (χ1) is 24.9. The number of aliphatic carboxylic acids is 1. The van der Waals surface area contributed by atoms with E-state index in [4.69, 9.17) is 23.7 Å². The highest BCUT2D eigenvalue weighted by atomic mass is 16.7. The number of aliphatic imine (C=N–C) groups is 1. The number of carbonyl (C=O) groups excluding carboxylic acids is 1. The van der Waals surface area contributed by atoms with Gasteiger partial charge in [-0.15, -0.1) is 0 Å². The molecule has 7 unspecified atom stereocenters. The Morgan fingerprint density at radius 1 is 0.962 bits per heavy atom. The molecule has 7 aliphatic rings. The van der Waals surface area contributed by atoms with Crippen LogP contribution in [0.2, 0.25) is 0 Å². The lowest BCUT2D eigenvalue weighted by atomic mass is 9.54. The zero-order chi connectivity index (χ0) is 36.8. The van der Waals surface area contributed by atoms with Crippen LogP contribution in [0.5, 0.6) is 0 Å². The van der Waals surface area contributed by atoms with Gasteiger partial charge in [-0.2, -0.15) is 0 Å². The Hall–Kier alpha value is -1.60. The minimum absolute atomic E-state index is 0.0966. The third kappa shape index (κ3) is 6.92. The number of fused-ring (bicyclic) bond motifs is 1. The Morgan fingerprint density at radius 2 is 1.63 bits per heavy atom. The van der Waals surface area contributed by atoms with Crippen LogP contribution in [-0.2, 0) is 23.7 Å². The number of aliphatic hydroxyl groups is 8. The number of nitrogens with zero attached hydrogens (tertiary/aromatic N) is 2. The summed E-state index contributed by atoms with van der Waals surface area (Å²) in [6, 6.07) is 0.286. The van der Waals surface area contributed by atoms with Gasteiger partial charge in [0.25, 0.3) is 0 Å². The van der Waals surface area contributed by atoms with Gasteiger partial charge in [-0.3, -0.25) is 5.32 Å². The summed E-state index contributed by atoms with van der Waals surface area (Å²) in [5, 5.41) is 88.0. The number of ether oxygens (including phenoxy) is 5. The molecular weight excluding hydrogens is 680 g/mol. The van der Waals surface area contributed by atoms with Crippen LogP contribution in [0.25, 0.3) is 5.32 Å². The third-order valence-electron chi connectivity index (χ3n) is 13.6. The number of carboxylic acids is 1. The quantitative estimate of drug-likeness (QED) is 0.104. The largest absolute Gasteiger partial charge is 0.547 e. The maximum atomic E-state index is 12.9. The van der Waals surface area contributed by atoms with Crippen LogP contribution in [-0.4, -0.2) is 133 Å². The number of rotatable bonds is 9. The first kappa shape index (κ1) is 38.7. The predicted molar refractivity (Wildman–Crippen MR) is 181 cm³/mol. The highest BCUT2D eigenvalue weighted by Gasteiger charge is 2.73. The van der Waals surface area contributed by atoms with Gasteiger partial charge < -0.3 is 64.2 Å². The second-order valence-electron chi connectivity index (χ2n) is 16.4. The van der Waals surface area contributed by atoms with Gasteiger partial charge in [0, 0.05) is 38.7 Å². The topological polar surface area (TPSA) is 238 Å². The summed E-state index contributed by atoms with van der Waals surface area (Å²) in [4.78, 5) is 16.9. The van der Waals surface area contributed by atoms with Gasteiger partial charge in [-0.1, -0.05) is 17.8 Å². The van der Waals surface area contributed by atoms with Crippen molar-refractivity contribution in [1.29, 1.82) is 0 Å². The van der Waals surface area contributed by atoms with Crippen LogP contribution in [0.1, 0.15) is 103 Å². The number of aliphatic hydroxyl groups excluding tert-OH is 4. The zero-order valence-electron chi connectivity index (χ0n) is 29.9. The second-order valence-corrected chi connectivity index (χ2v) is 16.4. The van der Waals surface area contributed by atoms with Crippen LogP contribution in [0.15, 0.2) is 4.99 Å². The molecule has 12 atom stereocenters. The molecule has 6 fully saturated rings. The fourth-order valence-electron chi connectivity index (χ4n) is 10.8. The third-order valence-corrected chi connectivity index (χ3v) is 13.6. The molecule has 3 aliphatic heterocycles. The summed E-state index contributed by atoms with van der Waals surface area (Å²) < 4.78 is 29.3. The monoisotopic (exact) mass is 737 g/mol. The van der Waals surface area contributed by atoms with E-state index in [1.54, 1.807) is 7.11 Å². The van der Waals surface area contributed by atoms with Gasteiger partial charge in [0.1, 0.15) is 24.4 Å². The molecule has 7 rings (SSSR count). The fourth-order valence-corrected chi connectivity index (χ4v) is 10.8. The summed E-state index contributed by atoms with van der Waals surface area (Å²) in [6.45, 7) is 1.28. The molecule has 0 aromatic rings. The molecule has 0 aromatic carbocycles. The van der Waals surface area contributed by atoms with Crippen molar-refractivity contribution in [2.75, 3.05) is 7.11 Å². The number of methoxy groups -OCH3 is 1. The van der Waals surface area contributed by atoms with E-state index in [2.05, 4.69) is 10.3 Å². The van der Waals surface area contributed by atoms with Gasteiger partial charge in [-0.25, -0.2) is 0 Å². The smallest absolute Gasteiger partial charge is 0.302 e. The van der Waals surface area contributed by atoms with Crippen LogP contribution in [0.4, 0.5) is 0 Å². The molecule has 0 amide bonds. The Balaban J connectivity index is 1.16. The number of hydrogen-bond donors (Lipinski definition) is 6. The van der Waals surface area contributed by atoms with E-state index in [9.17, 15) is 40.5 Å². The van der Waals surface area contributed by atoms with Crippen LogP contribution in [0.3, 0.4) is 0 Å². The molecule has 292 valence electrons. The molecule has 4 aliphatic carbocycles. The van der Waals surface area contributed by atoms with E-state index in [0.717, 1.165) is 38.5 Å². The summed E-state index contributed by atoms with van der Waals surface area (Å²) in [6.07, 6.45) is -2.14. The van der Waals surface area contributed by atoms with Gasteiger partial charge >= 0.3 is 6.21 Å². The lowest BCUT2D eigenvalue weighted by Crippen LogP contribution is -2.77. The molecule has 2 saturated heterocycles. The first-order valence-corrected chi connectivity index (χ1v) is 19.4. The van der Waals surface area contributed by atoms with E-state index < -0.39 is 83.8 Å². The molecule has 0 radical (unpaired) electrons. The Labute approximate surface area is 305 Å². The standard InChI is InChI=1S/C37H56N2O13/c1-48-21-10-8-20(9-11-21)23-16-22(40)27-24(49-23)17-25(30(28(27)41)52-36(46)14-6-3-7-15-36)50-34-29(42)31(43)37(47,32(51-34)33(44)45)35(12-4-2-5-13-35)26-18-38-19-39-26/h18-25,27-32,34,40-43,46-47H,2-17H2,1H3/p+1/t20?,21?,22?,23?,24?,25?,27?,28?,29-,30?,31+,32-,34+,37+/m1/s1. The molecule has 15 nitrogen and oxygen atoms in total. The fraction of sp³-hybridized carbons (Fsp3) is 0.892. The maximum absolute atomic E-state index is 12.9. The molecule has 52 heavy (non-hydrogen) atoms. The van der Waals surface area contributed by atoms with E-state index in [-0.39, 0.29) is 43.4 Å². The average Bonchev–Trinajstić information content (AvgIpc) is 3.69. The average molecular weight is 738 g/mol. The second kappa shape index (κ2) is 15.5. The van der Waals surface area contributed by atoms with E-state index >= 15 is 0 Å². The molecule has 7 N–H and O–H groups in total. The van der Waals surface area contributed by atoms with E-state index in [0.29, 0.717) is 44.9 Å². The van der Waals surface area contributed by atoms with Crippen LogP contribution >= 0.6 is 0 Å². The molecule has 0 spiro atoms. The van der Waals surface area contributed by atoms with E-state index in [1.165, 1.54) is 12.9 Å². The van der Waals surface area contributed by atoms with E-state index in [1.807, 2.05) is 0 Å². The Morgan fingerprint density at radius 3 is 2.25 bits per heavy atom. The molecule has 0 aromatic heterocycles. The zero-order valence-corrected chi connectivity index (χ0v) is 29.9. The SMILES string of the molecule is COC1CCC(C2CC(O)C3C(CC(O[C@H]4O[C@H](C(=O)[O-])[C@](O)(C5([C+]6C=N[CH+][N-]6)CCCCC5)[C@@H](O)[C@H]4O)C(OC4(O)CCCCC4)C3O)[OH+]2)CC1. The first-order valence-electron chi connectivity index (χ1n) is 19.4. The summed E-state index contributed by atoms with van der Waals surface area (Å²) in [5.74, 6) is -3.87. The molecule has 0 bridgehead atoms. The molecule has 15 heteroatoms. The molecular formula is C37H57N2O13+. The van der Waals surface area contributed by atoms with Crippen molar-refractivity contribution in [3.8, 4) is 0 Å². The molecule has 4 saturated carbocycles. The highest BCUT2D eigenvalue weighted by Crippen LogP contribution is 2.58. The van der Waals surface area contributed by atoms with Crippen molar-refractivity contribution < 1.29 is 64.2 Å². The Kier molecular flexibility index (Phi) is 11.5. The maximum Gasteiger partial charge on any atom is 0.302 e.